The number of aliphatic hydroxyl groups excluding tert-OH is 1. The second kappa shape index (κ2) is 18.4. The van der Waals surface area contributed by atoms with Crippen molar-refractivity contribution in [1.29, 1.82) is 5.26 Å². The van der Waals surface area contributed by atoms with Gasteiger partial charge in [-0.15, -0.1) is 0 Å². The van der Waals surface area contributed by atoms with Crippen LogP contribution in [0.15, 0.2) is 85.2 Å². The van der Waals surface area contributed by atoms with Crippen molar-refractivity contribution in [3.8, 4) is 11.9 Å². The van der Waals surface area contributed by atoms with Crippen molar-refractivity contribution in [2.45, 2.75) is 50.2 Å². The molecule has 3 heterocycles. The number of aromatic nitrogens is 4. The van der Waals surface area contributed by atoms with E-state index in [2.05, 4.69) is 20.3 Å². The zero-order chi connectivity index (χ0) is 40.3. The van der Waals surface area contributed by atoms with Crippen LogP contribution in [0.1, 0.15) is 41.9 Å². The second-order valence-electron chi connectivity index (χ2n) is 12.5. The molecule has 1 fully saturated rings. The van der Waals surface area contributed by atoms with E-state index in [4.69, 9.17) is 23.7 Å². The predicted octanol–water partition coefficient (Wildman–Crippen LogP) is 5.51. The number of nitriles is 1. The van der Waals surface area contributed by atoms with Gasteiger partial charge in [-0.05, 0) is 16.7 Å². The normalized spacial score (nSPS) is 16.6. The average molecular weight is 783 g/mol. The summed E-state index contributed by atoms with van der Waals surface area (Å²) in [6.45, 7) is -0.385. The molecule has 20 nitrogen and oxygen atoms in total. The molecule has 2 aromatic heterocycles. The van der Waals surface area contributed by atoms with Crippen LogP contribution in [0.5, 0.6) is 5.88 Å². The summed E-state index contributed by atoms with van der Waals surface area (Å²) in [7, 11) is 0. The molecule has 1 amide bonds. The zero-order valence-corrected chi connectivity index (χ0v) is 29.9. The number of nitrogens with one attached hydrogen (secondary N) is 1. The number of ether oxygens (including phenoxy) is 5. The summed E-state index contributed by atoms with van der Waals surface area (Å²) in [5.41, 5.74) is 2.27. The fourth-order valence-corrected chi connectivity index (χ4v) is 5.80. The third-order valence-corrected chi connectivity index (χ3v) is 8.72. The maximum absolute atomic E-state index is 12.8. The molecule has 0 radical (unpaired) electrons. The molecule has 4 atom stereocenters. The standard InChI is InChI=1S/C37H34N8O12/c38-17-14-29(25-4-2-1-3-5-25)57-37(48)55-21-30-28(46)20-31(56-30)43-22-39-32-33(43)40-35(41-34(32)53-18-15-23-6-10-26(11-7-23)44(49)50)42-36(47)54-19-16-24-8-12-27(13-9-24)45(51)52/h1-13,22,28-31,46H,14-16,18-21H2,(H,40,41,42,47)/t28-,29?,30+,31+/m0/s1. The number of rotatable bonds is 16. The van der Waals surface area contributed by atoms with E-state index in [1.54, 1.807) is 54.6 Å². The first-order valence-corrected chi connectivity index (χ1v) is 17.4. The lowest BCUT2D eigenvalue weighted by Gasteiger charge is -2.18. The van der Waals surface area contributed by atoms with E-state index in [1.165, 1.54) is 35.2 Å². The zero-order valence-electron chi connectivity index (χ0n) is 29.9. The van der Waals surface area contributed by atoms with Gasteiger partial charge >= 0.3 is 12.2 Å². The number of carbonyl (C=O) groups is 2. The minimum Gasteiger partial charge on any atom is -0.476 e. The summed E-state index contributed by atoms with van der Waals surface area (Å²) in [4.78, 5) is 59.5. The molecule has 3 aromatic carbocycles. The number of anilines is 1. The number of nitro benzene ring substituents is 2. The van der Waals surface area contributed by atoms with E-state index in [0.29, 0.717) is 17.5 Å². The fourth-order valence-electron chi connectivity index (χ4n) is 5.80. The van der Waals surface area contributed by atoms with Gasteiger partial charge in [0.2, 0.25) is 11.8 Å². The largest absolute Gasteiger partial charge is 0.509 e. The molecule has 294 valence electrons. The van der Waals surface area contributed by atoms with E-state index in [1.807, 2.05) is 6.07 Å². The number of nitro groups is 2. The Bertz CT molecular complexity index is 2250. The highest BCUT2D eigenvalue weighted by Gasteiger charge is 2.37. The number of benzene rings is 3. The van der Waals surface area contributed by atoms with Gasteiger partial charge < -0.3 is 28.8 Å². The van der Waals surface area contributed by atoms with Gasteiger partial charge in [-0.3, -0.25) is 30.1 Å². The molecule has 0 bridgehead atoms. The SMILES string of the molecule is N#CCC(OC(=O)OC[C@H]1O[C@@H](n2cnc3c(OCCc4ccc([N+](=O)[O-])cc4)nc(NC(=O)OCCc4ccc([N+](=O)[O-])cc4)nc32)C[C@@H]1O)c1ccccc1. The number of hydrogen-bond acceptors (Lipinski definition) is 16. The first-order valence-electron chi connectivity index (χ1n) is 17.4. The smallest absolute Gasteiger partial charge is 0.476 e. The van der Waals surface area contributed by atoms with Crippen molar-refractivity contribution in [2.75, 3.05) is 25.1 Å². The maximum Gasteiger partial charge on any atom is 0.509 e. The first kappa shape index (κ1) is 39.5. The Kier molecular flexibility index (Phi) is 12.7. The molecule has 1 saturated heterocycles. The Morgan fingerprint density at radius 2 is 1.60 bits per heavy atom. The fraction of sp³-hybridized carbons (Fsp3) is 0.297. The Balaban J connectivity index is 1.13. The quantitative estimate of drug-likeness (QED) is 0.0709. The third kappa shape index (κ3) is 10.3. The minimum atomic E-state index is -1.09. The Morgan fingerprint density at radius 1 is 0.947 bits per heavy atom. The van der Waals surface area contributed by atoms with Crippen molar-refractivity contribution >= 4 is 40.7 Å². The predicted molar refractivity (Wildman–Crippen MR) is 196 cm³/mol. The van der Waals surface area contributed by atoms with Crippen molar-refractivity contribution < 1.29 is 48.2 Å². The van der Waals surface area contributed by atoms with Gasteiger partial charge in [0.25, 0.3) is 11.4 Å². The van der Waals surface area contributed by atoms with E-state index in [0.717, 1.165) is 5.56 Å². The van der Waals surface area contributed by atoms with E-state index < -0.39 is 46.6 Å². The summed E-state index contributed by atoms with van der Waals surface area (Å²) in [6.07, 6.45) is -3.82. The summed E-state index contributed by atoms with van der Waals surface area (Å²) < 4.78 is 29.4. The molecule has 1 aliphatic heterocycles. The monoisotopic (exact) mass is 782 g/mol. The third-order valence-electron chi connectivity index (χ3n) is 8.72. The Hall–Kier alpha value is -7.24. The number of fused-ring (bicyclic) bond motifs is 1. The number of hydrogen-bond donors (Lipinski definition) is 2. The number of amides is 1. The molecule has 20 heteroatoms. The van der Waals surface area contributed by atoms with Crippen LogP contribution >= 0.6 is 0 Å². The number of imidazole rings is 1. The highest BCUT2D eigenvalue weighted by molar-refractivity contribution is 5.85. The van der Waals surface area contributed by atoms with Crippen molar-refractivity contribution in [3.05, 3.63) is 122 Å². The maximum atomic E-state index is 12.8. The number of carbonyl (C=O) groups excluding carboxylic acids is 2. The lowest BCUT2D eigenvalue weighted by Crippen LogP contribution is -2.28. The van der Waals surface area contributed by atoms with E-state index >= 15 is 0 Å². The second-order valence-corrected chi connectivity index (χ2v) is 12.5. The van der Waals surface area contributed by atoms with Crippen LogP contribution in [0.3, 0.4) is 0 Å². The van der Waals surface area contributed by atoms with Crippen molar-refractivity contribution in [1.82, 2.24) is 19.5 Å². The van der Waals surface area contributed by atoms with Crippen LogP contribution in [0.4, 0.5) is 26.9 Å². The summed E-state index contributed by atoms with van der Waals surface area (Å²) in [5.74, 6) is -0.241. The minimum absolute atomic E-state index is 0.0200. The molecule has 6 rings (SSSR count). The van der Waals surface area contributed by atoms with Gasteiger partial charge in [0.1, 0.15) is 25.0 Å². The van der Waals surface area contributed by atoms with E-state index in [9.17, 15) is 40.2 Å². The highest BCUT2D eigenvalue weighted by atomic mass is 16.7. The van der Waals surface area contributed by atoms with Crippen LogP contribution in [-0.4, -0.2) is 78.7 Å². The molecular weight excluding hydrogens is 748 g/mol. The van der Waals surface area contributed by atoms with Crippen molar-refractivity contribution in [3.63, 3.8) is 0 Å². The summed E-state index contributed by atoms with van der Waals surface area (Å²) in [5, 5.41) is 44.5. The molecule has 5 aromatic rings. The number of aliphatic hydroxyl groups is 1. The van der Waals surface area contributed by atoms with Crippen LogP contribution in [-0.2, 0) is 31.8 Å². The summed E-state index contributed by atoms with van der Waals surface area (Å²) >= 11 is 0. The Morgan fingerprint density at radius 3 is 2.23 bits per heavy atom. The van der Waals surface area contributed by atoms with Gasteiger partial charge in [-0.2, -0.15) is 15.2 Å². The van der Waals surface area contributed by atoms with Crippen molar-refractivity contribution in [2.24, 2.45) is 0 Å². The van der Waals surface area contributed by atoms with Crippen LogP contribution in [0.25, 0.3) is 11.2 Å². The molecule has 2 N–H and O–H groups in total. The first-order chi connectivity index (χ1) is 27.6. The van der Waals surface area contributed by atoms with Gasteiger partial charge in [-0.25, -0.2) is 14.6 Å². The van der Waals surface area contributed by atoms with Crippen LogP contribution in [0, 0.1) is 31.6 Å². The molecule has 1 aliphatic rings. The average Bonchev–Trinajstić information content (AvgIpc) is 3.80. The van der Waals surface area contributed by atoms with Crippen LogP contribution in [0.2, 0.25) is 0 Å². The topological polar surface area (TPSA) is 266 Å². The molecule has 1 unspecified atom stereocenters. The summed E-state index contributed by atoms with van der Waals surface area (Å²) in [6, 6.07) is 22.5. The van der Waals surface area contributed by atoms with Crippen LogP contribution < -0.4 is 10.1 Å². The molecule has 0 aliphatic carbocycles. The van der Waals surface area contributed by atoms with E-state index in [-0.39, 0.29) is 73.5 Å². The molecule has 0 spiro atoms. The lowest BCUT2D eigenvalue weighted by molar-refractivity contribution is -0.385. The molecule has 0 saturated carbocycles. The van der Waals surface area contributed by atoms with Gasteiger partial charge in [0, 0.05) is 43.5 Å². The molecular formula is C37H34N8O12. The lowest BCUT2D eigenvalue weighted by atomic mass is 10.1. The van der Waals surface area contributed by atoms with Gasteiger partial charge in [0.15, 0.2) is 11.2 Å². The van der Waals surface area contributed by atoms with Gasteiger partial charge in [-0.1, -0.05) is 54.6 Å². The number of nitrogens with zero attached hydrogens (tertiary/aromatic N) is 7. The molecule has 57 heavy (non-hydrogen) atoms. The highest BCUT2D eigenvalue weighted by Crippen LogP contribution is 2.33. The van der Waals surface area contributed by atoms with Gasteiger partial charge in [0.05, 0.1) is 48.0 Å². The number of non-ortho nitro benzene ring substituents is 2. The Labute approximate surface area is 322 Å².